The van der Waals surface area contributed by atoms with Gasteiger partial charge in [0.15, 0.2) is 0 Å². The molecular formula is C38H64O3S. The van der Waals surface area contributed by atoms with Crippen molar-refractivity contribution in [1.82, 2.24) is 0 Å². The van der Waals surface area contributed by atoms with Crippen molar-refractivity contribution in [2.24, 2.45) is 0 Å². The maximum atomic E-state index is 11.7. The van der Waals surface area contributed by atoms with Gasteiger partial charge in [0, 0.05) is 0 Å². The number of hydrogen-bond donors (Lipinski definition) is 1. The van der Waals surface area contributed by atoms with Crippen LogP contribution in [0.1, 0.15) is 179 Å². The molecule has 2 rings (SSSR count). The average Bonchev–Trinajstić information content (AvgIpc) is 2.98. The van der Waals surface area contributed by atoms with E-state index in [1.165, 1.54) is 165 Å². The van der Waals surface area contributed by atoms with Crippen LogP contribution in [0.15, 0.2) is 35.2 Å². The minimum atomic E-state index is -4.19. The highest BCUT2D eigenvalue weighted by molar-refractivity contribution is 7.85. The molecule has 0 radical (unpaired) electrons. The predicted octanol–water partition coefficient (Wildman–Crippen LogP) is 12.6. The molecule has 0 atom stereocenters. The molecule has 42 heavy (non-hydrogen) atoms. The second-order valence-corrected chi connectivity index (χ2v) is 14.3. The van der Waals surface area contributed by atoms with E-state index in [1.54, 1.807) is 12.1 Å². The lowest BCUT2D eigenvalue weighted by atomic mass is 9.91. The molecule has 0 aliphatic heterocycles. The summed E-state index contributed by atoms with van der Waals surface area (Å²) in [6.45, 7) is 4.56. The van der Waals surface area contributed by atoms with E-state index in [1.807, 2.05) is 12.1 Å². The van der Waals surface area contributed by atoms with Crippen molar-refractivity contribution in [3.8, 4) is 0 Å². The predicted molar refractivity (Wildman–Crippen MR) is 183 cm³/mol. The number of fused-ring (bicyclic) bond motifs is 1. The molecule has 3 nitrogen and oxygen atoms in total. The average molecular weight is 601 g/mol. The summed E-state index contributed by atoms with van der Waals surface area (Å²) in [5.41, 5.74) is 2.82. The van der Waals surface area contributed by atoms with Crippen LogP contribution in [0.4, 0.5) is 0 Å². The first kappa shape index (κ1) is 36.8. The Hall–Kier alpha value is -1.39. The Labute approximate surface area is 260 Å². The van der Waals surface area contributed by atoms with Crippen molar-refractivity contribution in [3.63, 3.8) is 0 Å². The summed E-state index contributed by atoms with van der Waals surface area (Å²) in [5, 5.41) is 2.07. The van der Waals surface area contributed by atoms with Crippen LogP contribution in [-0.4, -0.2) is 13.0 Å². The number of rotatable bonds is 27. The monoisotopic (exact) mass is 600 g/mol. The van der Waals surface area contributed by atoms with Crippen LogP contribution in [0.2, 0.25) is 0 Å². The normalized spacial score (nSPS) is 12.0. The van der Waals surface area contributed by atoms with Gasteiger partial charge in [0.1, 0.15) is 0 Å². The molecule has 0 aromatic heterocycles. The molecule has 1 N–H and O–H groups in total. The zero-order chi connectivity index (χ0) is 30.3. The molecule has 0 aliphatic carbocycles. The summed E-state index contributed by atoms with van der Waals surface area (Å²) < 4.78 is 33.0. The third-order valence-corrected chi connectivity index (χ3v) is 9.93. The molecule has 4 heteroatoms. The molecule has 0 spiro atoms. The highest BCUT2D eigenvalue weighted by Gasteiger charge is 2.13. The lowest BCUT2D eigenvalue weighted by Gasteiger charge is -2.14. The first-order chi connectivity index (χ1) is 20.5. The molecule has 240 valence electrons. The fourth-order valence-corrected chi connectivity index (χ4v) is 6.92. The van der Waals surface area contributed by atoms with Crippen LogP contribution in [0.25, 0.3) is 10.8 Å². The van der Waals surface area contributed by atoms with Crippen molar-refractivity contribution in [2.75, 3.05) is 0 Å². The van der Waals surface area contributed by atoms with E-state index in [-0.39, 0.29) is 4.90 Å². The summed E-state index contributed by atoms with van der Waals surface area (Å²) >= 11 is 0. The van der Waals surface area contributed by atoms with E-state index in [4.69, 9.17) is 0 Å². The fourth-order valence-electron chi connectivity index (χ4n) is 6.41. The Morgan fingerprint density at radius 3 is 1.33 bits per heavy atom. The van der Waals surface area contributed by atoms with Gasteiger partial charge < -0.3 is 0 Å². The highest BCUT2D eigenvalue weighted by Crippen LogP contribution is 2.28. The molecule has 0 fully saturated rings. The second-order valence-electron chi connectivity index (χ2n) is 12.8. The van der Waals surface area contributed by atoms with Gasteiger partial charge in [0.2, 0.25) is 0 Å². The first-order valence-corrected chi connectivity index (χ1v) is 19.4. The van der Waals surface area contributed by atoms with E-state index in [2.05, 4.69) is 19.9 Å². The van der Waals surface area contributed by atoms with Crippen molar-refractivity contribution in [1.29, 1.82) is 0 Å². The maximum absolute atomic E-state index is 11.7. The lowest BCUT2D eigenvalue weighted by Crippen LogP contribution is -2.00. The molecule has 0 heterocycles. The van der Waals surface area contributed by atoms with Crippen LogP contribution in [-0.2, 0) is 23.0 Å². The first-order valence-electron chi connectivity index (χ1n) is 18.0. The fraction of sp³-hybridized carbons (Fsp3) is 0.737. The van der Waals surface area contributed by atoms with Crippen molar-refractivity contribution in [3.05, 3.63) is 41.5 Å². The number of unbranched alkanes of at least 4 members (excludes halogenated alkanes) is 22. The second kappa shape index (κ2) is 23.1. The smallest absolute Gasteiger partial charge is 0.282 e. The third kappa shape index (κ3) is 15.9. The van der Waals surface area contributed by atoms with E-state index in [0.29, 0.717) is 0 Å². The van der Waals surface area contributed by atoms with Gasteiger partial charge in [-0.3, -0.25) is 4.55 Å². The van der Waals surface area contributed by atoms with Crippen molar-refractivity contribution >= 4 is 20.9 Å². The summed E-state index contributed by atoms with van der Waals surface area (Å²) in [5.74, 6) is 0. The summed E-state index contributed by atoms with van der Waals surface area (Å²) in [7, 11) is -4.19. The number of aryl methyl sites for hydroxylation is 2. The van der Waals surface area contributed by atoms with E-state index >= 15 is 0 Å². The van der Waals surface area contributed by atoms with Gasteiger partial charge in [-0.25, -0.2) is 0 Å². The van der Waals surface area contributed by atoms with Gasteiger partial charge in [-0.2, -0.15) is 8.42 Å². The van der Waals surface area contributed by atoms with Crippen molar-refractivity contribution < 1.29 is 13.0 Å². The molecule has 0 saturated carbocycles. The summed E-state index contributed by atoms with van der Waals surface area (Å²) in [4.78, 5) is -0.0139. The molecule has 2 aromatic carbocycles. The zero-order valence-corrected chi connectivity index (χ0v) is 28.3. The third-order valence-electron chi connectivity index (χ3n) is 9.08. The largest absolute Gasteiger partial charge is 0.294 e. The van der Waals surface area contributed by atoms with Crippen LogP contribution < -0.4 is 0 Å². The zero-order valence-electron chi connectivity index (χ0n) is 27.4. The van der Waals surface area contributed by atoms with E-state index in [9.17, 15) is 13.0 Å². The minimum absolute atomic E-state index is 0.0139. The molecule has 0 amide bonds. The van der Waals surface area contributed by atoms with Gasteiger partial charge in [-0.15, -0.1) is 0 Å². The van der Waals surface area contributed by atoms with Crippen LogP contribution in [0.3, 0.4) is 0 Å². The Morgan fingerprint density at radius 1 is 0.500 bits per heavy atom. The van der Waals surface area contributed by atoms with Gasteiger partial charge in [-0.05, 0) is 59.7 Å². The van der Waals surface area contributed by atoms with Crippen LogP contribution >= 0.6 is 0 Å². The Balaban J connectivity index is 1.78. The van der Waals surface area contributed by atoms with Gasteiger partial charge in [0.05, 0.1) is 4.90 Å². The summed E-state index contributed by atoms with van der Waals surface area (Å²) in [6.07, 6.45) is 34.6. The SMILES string of the molecule is CCCCCCCCCCCCCCc1ccc2cc(S(=O)(=O)O)ccc2c1CCCCCCCCCCCCCC. The van der Waals surface area contributed by atoms with Gasteiger partial charge in [0.25, 0.3) is 10.1 Å². The molecule has 0 aliphatic rings. The molecular weight excluding hydrogens is 536 g/mol. The Kier molecular flexibility index (Phi) is 20.2. The maximum Gasteiger partial charge on any atom is 0.294 e. The Morgan fingerprint density at radius 2 is 0.905 bits per heavy atom. The topological polar surface area (TPSA) is 54.4 Å². The quantitative estimate of drug-likeness (QED) is 0.0819. The summed E-state index contributed by atoms with van der Waals surface area (Å²) in [6, 6.07) is 9.37. The molecule has 2 aromatic rings. The number of benzene rings is 2. The van der Waals surface area contributed by atoms with Crippen molar-refractivity contribution in [2.45, 2.75) is 186 Å². The minimum Gasteiger partial charge on any atom is -0.282 e. The Bertz CT molecular complexity index is 1060. The van der Waals surface area contributed by atoms with Crippen LogP contribution in [0, 0.1) is 0 Å². The molecule has 0 unspecified atom stereocenters. The standard InChI is InChI=1S/C38H64O3S/c1-3-5-7-9-11-13-15-17-19-21-23-25-27-34-29-30-35-33-36(42(39,40)41)31-32-38(35)37(34)28-26-24-22-20-18-16-14-12-10-8-6-4-2/h29-33H,3-28H2,1-2H3,(H,39,40,41). The molecule has 0 bridgehead atoms. The van der Waals surface area contributed by atoms with E-state index in [0.717, 1.165) is 23.6 Å². The lowest BCUT2D eigenvalue weighted by molar-refractivity contribution is 0.483. The highest BCUT2D eigenvalue weighted by atomic mass is 32.2. The van der Waals surface area contributed by atoms with Gasteiger partial charge in [-0.1, -0.05) is 173 Å². The van der Waals surface area contributed by atoms with Crippen LogP contribution in [0.5, 0.6) is 0 Å². The number of hydrogen-bond acceptors (Lipinski definition) is 2. The van der Waals surface area contributed by atoms with Gasteiger partial charge >= 0.3 is 0 Å². The van der Waals surface area contributed by atoms with E-state index < -0.39 is 10.1 Å². The molecule has 0 saturated heterocycles.